The van der Waals surface area contributed by atoms with Gasteiger partial charge in [0.05, 0.1) is 22.4 Å². The van der Waals surface area contributed by atoms with Gasteiger partial charge in [-0.3, -0.25) is 0 Å². The van der Waals surface area contributed by atoms with Crippen LogP contribution in [0.1, 0.15) is 43.2 Å². The summed E-state index contributed by atoms with van der Waals surface area (Å²) in [5.41, 5.74) is 2.40. The summed E-state index contributed by atoms with van der Waals surface area (Å²) in [6.45, 7) is 2.90. The molecule has 1 aromatic heterocycles. The summed E-state index contributed by atoms with van der Waals surface area (Å²) in [5.74, 6) is 0.817. The van der Waals surface area contributed by atoms with Gasteiger partial charge in [0, 0.05) is 5.56 Å². The normalized spacial score (nSPS) is 11.5. The number of hydrogen-bond acceptors (Lipinski definition) is 4. The van der Waals surface area contributed by atoms with Gasteiger partial charge in [-0.1, -0.05) is 56.5 Å². The van der Waals surface area contributed by atoms with Gasteiger partial charge < -0.3 is 4.74 Å². The summed E-state index contributed by atoms with van der Waals surface area (Å²) in [7, 11) is 0. The molecule has 1 heterocycles. The van der Waals surface area contributed by atoms with Gasteiger partial charge in [-0.2, -0.15) is 5.26 Å². The van der Waals surface area contributed by atoms with Crippen molar-refractivity contribution in [3.63, 3.8) is 0 Å². The standard InChI is InChI=1S/C22H22N2OS/c1-2-3-4-9-14-25-20-12-7-5-10-17(20)15-18(16-23)22-24-19-11-6-8-13-21(19)26-22/h5-8,10-13,15H,2-4,9,14H2,1H3/b18-15-. The average Bonchev–Trinajstić information content (AvgIpc) is 3.11. The van der Waals surface area contributed by atoms with Gasteiger partial charge in [-0.25, -0.2) is 4.98 Å². The smallest absolute Gasteiger partial charge is 0.135 e. The molecule has 26 heavy (non-hydrogen) atoms. The van der Waals surface area contributed by atoms with Gasteiger partial charge in [0.25, 0.3) is 0 Å². The maximum Gasteiger partial charge on any atom is 0.135 e. The number of hydrogen-bond donors (Lipinski definition) is 0. The lowest BCUT2D eigenvalue weighted by Crippen LogP contribution is -1.98. The summed E-state index contributed by atoms with van der Waals surface area (Å²) in [5, 5.41) is 10.4. The molecule has 0 spiro atoms. The van der Waals surface area contributed by atoms with Crippen LogP contribution >= 0.6 is 11.3 Å². The molecular weight excluding hydrogens is 340 g/mol. The minimum Gasteiger partial charge on any atom is -0.493 e. The lowest BCUT2D eigenvalue weighted by Gasteiger charge is -2.09. The number of ether oxygens (including phenoxy) is 1. The van der Waals surface area contributed by atoms with Crippen molar-refractivity contribution in [2.75, 3.05) is 6.61 Å². The number of rotatable bonds is 8. The van der Waals surface area contributed by atoms with Crippen LogP contribution in [0.3, 0.4) is 0 Å². The van der Waals surface area contributed by atoms with Crippen molar-refractivity contribution in [2.24, 2.45) is 0 Å². The molecule has 0 aliphatic rings. The zero-order chi connectivity index (χ0) is 18.2. The highest BCUT2D eigenvalue weighted by atomic mass is 32.1. The van der Waals surface area contributed by atoms with Crippen LogP contribution in [0.25, 0.3) is 21.9 Å². The quantitative estimate of drug-likeness (QED) is 0.348. The molecule has 132 valence electrons. The highest BCUT2D eigenvalue weighted by Gasteiger charge is 2.10. The second kappa shape index (κ2) is 9.17. The number of unbranched alkanes of at least 4 members (excludes halogenated alkanes) is 3. The van der Waals surface area contributed by atoms with Crippen molar-refractivity contribution in [1.82, 2.24) is 4.98 Å². The number of fused-ring (bicyclic) bond motifs is 1. The van der Waals surface area contributed by atoms with Gasteiger partial charge in [0.2, 0.25) is 0 Å². The van der Waals surface area contributed by atoms with Gasteiger partial charge in [0.15, 0.2) is 0 Å². The monoisotopic (exact) mass is 362 g/mol. The molecule has 0 atom stereocenters. The first kappa shape index (κ1) is 18.2. The molecule has 0 aliphatic carbocycles. The van der Waals surface area contributed by atoms with Gasteiger partial charge in [-0.15, -0.1) is 11.3 Å². The molecule has 0 N–H and O–H groups in total. The molecule has 4 heteroatoms. The van der Waals surface area contributed by atoms with Crippen LogP contribution in [0, 0.1) is 11.3 Å². The molecule has 0 aliphatic heterocycles. The van der Waals surface area contributed by atoms with E-state index in [2.05, 4.69) is 18.0 Å². The Kier molecular flexibility index (Phi) is 6.40. The van der Waals surface area contributed by atoms with E-state index in [9.17, 15) is 5.26 Å². The number of para-hydroxylation sites is 2. The van der Waals surface area contributed by atoms with E-state index in [1.54, 1.807) is 0 Å². The van der Waals surface area contributed by atoms with E-state index in [4.69, 9.17) is 4.74 Å². The van der Waals surface area contributed by atoms with E-state index >= 15 is 0 Å². The highest BCUT2D eigenvalue weighted by molar-refractivity contribution is 7.19. The van der Waals surface area contributed by atoms with Crippen LogP contribution in [0.15, 0.2) is 48.5 Å². The van der Waals surface area contributed by atoms with E-state index in [-0.39, 0.29) is 0 Å². The van der Waals surface area contributed by atoms with E-state index in [0.29, 0.717) is 12.2 Å². The molecule has 0 bridgehead atoms. The van der Waals surface area contributed by atoms with Gasteiger partial charge >= 0.3 is 0 Å². The maximum atomic E-state index is 9.64. The predicted molar refractivity (Wildman–Crippen MR) is 109 cm³/mol. The Morgan fingerprint density at radius 2 is 1.92 bits per heavy atom. The summed E-state index contributed by atoms with van der Waals surface area (Å²) >= 11 is 1.54. The molecule has 2 aromatic carbocycles. The second-order valence-electron chi connectivity index (χ2n) is 6.10. The molecular formula is C22H22N2OS. The molecule has 0 saturated heterocycles. The zero-order valence-corrected chi connectivity index (χ0v) is 15.8. The molecule has 3 rings (SSSR count). The lowest BCUT2D eigenvalue weighted by atomic mass is 10.1. The van der Waals surface area contributed by atoms with E-state index in [0.717, 1.165) is 33.0 Å². The fourth-order valence-electron chi connectivity index (χ4n) is 2.73. The third-order valence-corrected chi connectivity index (χ3v) is 5.19. The molecule has 0 radical (unpaired) electrons. The third kappa shape index (κ3) is 4.50. The molecule has 0 saturated carbocycles. The Labute approximate surface area is 158 Å². The van der Waals surface area contributed by atoms with E-state index in [1.165, 1.54) is 30.6 Å². The highest BCUT2D eigenvalue weighted by Crippen LogP contribution is 2.30. The first-order valence-electron chi connectivity index (χ1n) is 9.01. The Hall–Kier alpha value is -2.64. The van der Waals surface area contributed by atoms with Crippen molar-refractivity contribution in [3.05, 3.63) is 59.1 Å². The van der Waals surface area contributed by atoms with Crippen molar-refractivity contribution < 1.29 is 4.74 Å². The van der Waals surface area contributed by atoms with Crippen molar-refractivity contribution in [2.45, 2.75) is 32.6 Å². The summed E-state index contributed by atoms with van der Waals surface area (Å²) < 4.78 is 7.04. The minimum atomic E-state index is 0.563. The van der Waals surface area contributed by atoms with Crippen LogP contribution < -0.4 is 4.74 Å². The van der Waals surface area contributed by atoms with Crippen LogP contribution in [-0.4, -0.2) is 11.6 Å². The molecule has 0 unspecified atom stereocenters. The fourth-order valence-corrected chi connectivity index (χ4v) is 3.66. The average molecular weight is 362 g/mol. The number of nitriles is 1. The Morgan fingerprint density at radius 3 is 2.73 bits per heavy atom. The summed E-state index contributed by atoms with van der Waals surface area (Å²) in [4.78, 5) is 4.59. The van der Waals surface area contributed by atoms with Crippen LogP contribution in [-0.2, 0) is 0 Å². The number of allylic oxidation sites excluding steroid dienone is 1. The number of thiazole rings is 1. The van der Waals surface area contributed by atoms with Gasteiger partial charge in [0.1, 0.15) is 16.8 Å². The Bertz CT molecular complexity index is 903. The second-order valence-corrected chi connectivity index (χ2v) is 7.13. The first-order chi connectivity index (χ1) is 12.8. The number of benzene rings is 2. The maximum absolute atomic E-state index is 9.64. The van der Waals surface area contributed by atoms with Crippen molar-refractivity contribution in [1.29, 1.82) is 5.26 Å². The largest absolute Gasteiger partial charge is 0.493 e. The number of nitrogens with zero attached hydrogens (tertiary/aromatic N) is 2. The lowest BCUT2D eigenvalue weighted by molar-refractivity contribution is 0.304. The van der Waals surface area contributed by atoms with Crippen LogP contribution in [0.2, 0.25) is 0 Å². The summed E-state index contributed by atoms with van der Waals surface area (Å²) in [6.07, 6.45) is 6.56. The molecule has 3 nitrogen and oxygen atoms in total. The van der Waals surface area contributed by atoms with E-state index in [1.807, 2.05) is 54.6 Å². The Balaban J connectivity index is 1.82. The van der Waals surface area contributed by atoms with E-state index < -0.39 is 0 Å². The third-order valence-electron chi connectivity index (χ3n) is 4.12. The van der Waals surface area contributed by atoms with Gasteiger partial charge in [-0.05, 0) is 30.7 Å². The summed E-state index contributed by atoms with van der Waals surface area (Å²) in [6, 6.07) is 18.1. The molecule has 0 fully saturated rings. The van der Waals surface area contributed by atoms with Crippen LogP contribution in [0.5, 0.6) is 5.75 Å². The predicted octanol–water partition coefficient (Wildman–Crippen LogP) is 6.32. The van der Waals surface area contributed by atoms with Crippen molar-refractivity contribution in [3.8, 4) is 11.8 Å². The topological polar surface area (TPSA) is 45.9 Å². The molecule has 3 aromatic rings. The molecule has 0 amide bonds. The SMILES string of the molecule is CCCCCCOc1ccccc1/C=C(/C#N)c1nc2ccccc2s1. The fraction of sp³-hybridized carbons (Fsp3) is 0.273. The van der Waals surface area contributed by atoms with Crippen LogP contribution in [0.4, 0.5) is 0 Å². The van der Waals surface area contributed by atoms with Crippen molar-refractivity contribution >= 4 is 33.2 Å². The first-order valence-corrected chi connectivity index (χ1v) is 9.83. The number of aromatic nitrogens is 1. The Morgan fingerprint density at radius 1 is 1.12 bits per heavy atom. The minimum absolute atomic E-state index is 0.563. The zero-order valence-electron chi connectivity index (χ0n) is 14.9.